The molecule has 1 atom stereocenters. The number of nitrogens with zero attached hydrogens (tertiary/aromatic N) is 1. The van der Waals surface area contributed by atoms with Crippen LogP contribution in [0.3, 0.4) is 0 Å². The molecule has 1 amide bonds. The summed E-state index contributed by atoms with van der Waals surface area (Å²) in [6.45, 7) is 3.65. The van der Waals surface area contributed by atoms with Crippen molar-refractivity contribution in [2.75, 3.05) is 18.1 Å². The van der Waals surface area contributed by atoms with E-state index < -0.39 is 15.8 Å². The van der Waals surface area contributed by atoms with E-state index in [0.29, 0.717) is 6.42 Å². The Hall–Kier alpha value is -2.35. The van der Waals surface area contributed by atoms with Crippen molar-refractivity contribution in [3.05, 3.63) is 35.1 Å². The van der Waals surface area contributed by atoms with Gasteiger partial charge in [-0.15, -0.1) is 0 Å². The van der Waals surface area contributed by atoms with E-state index in [4.69, 9.17) is 9.15 Å². The van der Waals surface area contributed by atoms with E-state index in [9.17, 15) is 18.0 Å². The molecule has 1 aliphatic heterocycles. The summed E-state index contributed by atoms with van der Waals surface area (Å²) in [4.78, 5) is 27.3. The average Bonchev–Trinajstić information content (AvgIpc) is 3.30. The molecule has 4 rings (SSSR count). The van der Waals surface area contributed by atoms with Gasteiger partial charge in [-0.3, -0.25) is 9.59 Å². The van der Waals surface area contributed by atoms with Gasteiger partial charge in [-0.25, -0.2) is 8.42 Å². The monoisotopic (exact) mass is 461 g/mol. The Morgan fingerprint density at radius 3 is 2.47 bits per heavy atom. The third kappa shape index (κ3) is 5.00. The number of amides is 1. The molecule has 0 N–H and O–H groups in total. The van der Waals surface area contributed by atoms with Crippen LogP contribution < -0.4 is 0 Å². The summed E-state index contributed by atoms with van der Waals surface area (Å²) in [6.07, 6.45) is 6.97. The van der Waals surface area contributed by atoms with Crippen molar-refractivity contribution in [1.82, 2.24) is 4.90 Å². The fourth-order valence-corrected chi connectivity index (χ4v) is 6.67. The van der Waals surface area contributed by atoms with Crippen LogP contribution in [0.5, 0.6) is 0 Å². The second kappa shape index (κ2) is 9.25. The molecule has 1 aromatic carbocycles. The van der Waals surface area contributed by atoms with Gasteiger partial charge in [0.25, 0.3) is 5.91 Å². The Morgan fingerprint density at radius 1 is 1.06 bits per heavy atom. The number of furan rings is 1. The van der Waals surface area contributed by atoms with Gasteiger partial charge < -0.3 is 14.1 Å². The summed E-state index contributed by atoms with van der Waals surface area (Å²) in [7, 11) is -3.12. The first-order valence-corrected chi connectivity index (χ1v) is 13.2. The number of hydrogen-bond donors (Lipinski definition) is 0. The molecule has 2 aliphatic rings. The molecule has 1 saturated heterocycles. The summed E-state index contributed by atoms with van der Waals surface area (Å²) >= 11 is 0. The zero-order chi connectivity index (χ0) is 22.9. The summed E-state index contributed by atoms with van der Waals surface area (Å²) in [5.41, 5.74) is 3.67. The molecule has 2 fully saturated rings. The van der Waals surface area contributed by atoms with E-state index in [1.54, 1.807) is 11.2 Å². The third-order valence-electron chi connectivity index (χ3n) is 6.82. The second-order valence-corrected chi connectivity index (χ2v) is 11.4. The molecule has 7 nitrogen and oxygen atoms in total. The molecule has 1 aromatic heterocycles. The predicted molar refractivity (Wildman–Crippen MR) is 121 cm³/mol. The Bertz CT molecular complexity index is 1110. The topological polar surface area (TPSA) is 93.9 Å². The largest absolute Gasteiger partial charge is 0.464 e. The van der Waals surface area contributed by atoms with Gasteiger partial charge in [0.1, 0.15) is 5.58 Å². The quantitative estimate of drug-likeness (QED) is 0.612. The van der Waals surface area contributed by atoms with E-state index in [1.807, 2.05) is 26.0 Å². The van der Waals surface area contributed by atoms with Gasteiger partial charge in [-0.05, 0) is 56.4 Å². The number of rotatable bonds is 6. The van der Waals surface area contributed by atoms with Gasteiger partial charge in [0.05, 0.1) is 24.2 Å². The number of ether oxygens (including phenoxy) is 1. The highest BCUT2D eigenvalue weighted by Crippen LogP contribution is 2.29. The molecule has 2 aromatic rings. The smallest absolute Gasteiger partial charge is 0.310 e. The average molecular weight is 462 g/mol. The zero-order valence-corrected chi connectivity index (χ0v) is 19.6. The number of carbonyl (C=O) groups excluding carboxylic acids is 2. The lowest BCUT2D eigenvalue weighted by molar-refractivity contribution is -0.154. The van der Waals surface area contributed by atoms with Crippen molar-refractivity contribution in [2.24, 2.45) is 0 Å². The van der Waals surface area contributed by atoms with Crippen LogP contribution in [-0.2, 0) is 30.6 Å². The Labute approximate surface area is 189 Å². The van der Waals surface area contributed by atoms with E-state index in [-0.39, 0.29) is 42.5 Å². The fraction of sp³-hybridized carbons (Fsp3) is 0.583. The second-order valence-electron chi connectivity index (χ2n) is 9.18. The number of sulfone groups is 1. The van der Waals surface area contributed by atoms with Gasteiger partial charge >= 0.3 is 5.97 Å². The lowest BCUT2D eigenvalue weighted by atomic mass is 9.93. The van der Waals surface area contributed by atoms with Crippen molar-refractivity contribution in [1.29, 1.82) is 0 Å². The summed E-state index contributed by atoms with van der Waals surface area (Å²) < 4.78 is 34.9. The predicted octanol–water partition coefficient (Wildman–Crippen LogP) is 3.48. The van der Waals surface area contributed by atoms with Crippen molar-refractivity contribution in [3.63, 3.8) is 0 Å². The molecule has 32 heavy (non-hydrogen) atoms. The SMILES string of the molecule is Cc1cc2occ(CC(=O)OCC(=O)N(C3CCCCC3)C3CCS(=O)(=O)C3)c2cc1C. The maximum atomic E-state index is 13.1. The van der Waals surface area contributed by atoms with Crippen LogP contribution in [0.15, 0.2) is 22.8 Å². The fourth-order valence-electron chi connectivity index (χ4n) is 4.96. The van der Waals surface area contributed by atoms with E-state index in [2.05, 4.69) is 0 Å². The first-order chi connectivity index (χ1) is 15.2. The molecular weight excluding hydrogens is 430 g/mol. The minimum absolute atomic E-state index is 0.00294. The maximum absolute atomic E-state index is 13.1. The first-order valence-electron chi connectivity index (χ1n) is 11.4. The molecule has 1 aliphatic carbocycles. The Kier molecular flexibility index (Phi) is 6.60. The van der Waals surface area contributed by atoms with Crippen LogP contribution in [0, 0.1) is 13.8 Å². The van der Waals surface area contributed by atoms with Gasteiger partial charge in [0, 0.05) is 23.0 Å². The maximum Gasteiger partial charge on any atom is 0.310 e. The lowest BCUT2D eigenvalue weighted by Gasteiger charge is -2.38. The van der Waals surface area contributed by atoms with Crippen LogP contribution in [0.4, 0.5) is 0 Å². The molecule has 1 unspecified atom stereocenters. The van der Waals surface area contributed by atoms with Crippen molar-refractivity contribution in [2.45, 2.75) is 70.9 Å². The number of fused-ring (bicyclic) bond motifs is 1. The Morgan fingerprint density at radius 2 is 1.78 bits per heavy atom. The van der Waals surface area contributed by atoms with Gasteiger partial charge in [0.2, 0.25) is 0 Å². The zero-order valence-electron chi connectivity index (χ0n) is 18.8. The van der Waals surface area contributed by atoms with Gasteiger partial charge in [-0.2, -0.15) is 0 Å². The molecular formula is C24H31NO6S. The highest BCUT2D eigenvalue weighted by molar-refractivity contribution is 7.91. The van der Waals surface area contributed by atoms with Gasteiger partial charge in [0.15, 0.2) is 16.4 Å². The third-order valence-corrected chi connectivity index (χ3v) is 8.57. The number of esters is 1. The van der Waals surface area contributed by atoms with E-state index in [0.717, 1.165) is 59.8 Å². The van der Waals surface area contributed by atoms with Gasteiger partial charge in [-0.1, -0.05) is 19.3 Å². The van der Waals surface area contributed by atoms with Crippen molar-refractivity contribution >= 4 is 32.7 Å². The molecule has 8 heteroatoms. The van der Waals surface area contributed by atoms with Crippen LogP contribution in [0.1, 0.15) is 55.2 Å². The number of aryl methyl sites for hydroxylation is 2. The van der Waals surface area contributed by atoms with Crippen molar-refractivity contribution < 1.29 is 27.2 Å². The molecule has 1 saturated carbocycles. The molecule has 174 valence electrons. The lowest BCUT2D eigenvalue weighted by Crippen LogP contribution is -2.50. The van der Waals surface area contributed by atoms with Crippen LogP contribution in [0.25, 0.3) is 11.0 Å². The van der Waals surface area contributed by atoms with Crippen molar-refractivity contribution in [3.8, 4) is 0 Å². The highest BCUT2D eigenvalue weighted by Gasteiger charge is 2.38. The summed E-state index contributed by atoms with van der Waals surface area (Å²) in [5.74, 6) is -0.679. The molecule has 0 bridgehead atoms. The van der Waals surface area contributed by atoms with Crippen LogP contribution >= 0.6 is 0 Å². The molecule has 0 radical (unpaired) electrons. The number of carbonyl (C=O) groups is 2. The number of hydrogen-bond acceptors (Lipinski definition) is 6. The number of benzene rings is 1. The van der Waals surface area contributed by atoms with E-state index >= 15 is 0 Å². The first kappa shape index (κ1) is 22.8. The summed E-state index contributed by atoms with van der Waals surface area (Å²) in [5, 5.41) is 0.872. The van der Waals surface area contributed by atoms with Crippen LogP contribution in [-0.4, -0.2) is 55.4 Å². The normalized spacial score (nSPS) is 21.0. The molecule has 0 spiro atoms. The molecule has 2 heterocycles. The minimum Gasteiger partial charge on any atom is -0.464 e. The highest BCUT2D eigenvalue weighted by atomic mass is 32.2. The summed E-state index contributed by atoms with van der Waals surface area (Å²) in [6, 6.07) is 3.64. The minimum atomic E-state index is -3.12. The Balaban J connectivity index is 1.41. The van der Waals surface area contributed by atoms with E-state index in [1.165, 1.54) is 0 Å². The van der Waals surface area contributed by atoms with Crippen LogP contribution in [0.2, 0.25) is 0 Å². The standard InChI is InChI=1S/C24H31NO6S/c1-16-10-21-18(13-30-22(21)11-17(16)2)12-24(27)31-14-23(26)25(19-6-4-3-5-7-19)20-8-9-32(28,29)15-20/h10-11,13,19-20H,3-9,12,14-15H2,1-2H3.